The Bertz CT molecular complexity index is 581. The van der Waals surface area contributed by atoms with Gasteiger partial charge in [-0.2, -0.15) is 0 Å². The minimum atomic E-state index is -3.52. The van der Waals surface area contributed by atoms with Gasteiger partial charge in [0.05, 0.1) is 7.11 Å². The molecule has 0 saturated heterocycles. The number of ether oxygens (including phenoxy) is 1. The molecule has 0 aromatic heterocycles. The smallest absolute Gasteiger partial charge is 0.244 e. The van der Waals surface area contributed by atoms with Crippen molar-refractivity contribution in [2.24, 2.45) is 5.92 Å². The fourth-order valence-corrected chi connectivity index (χ4v) is 3.32. The van der Waals surface area contributed by atoms with Crippen molar-refractivity contribution < 1.29 is 13.2 Å². The third-order valence-corrected chi connectivity index (χ3v) is 4.94. The third kappa shape index (κ3) is 4.69. The Hall–Kier alpha value is -1.11. The minimum Gasteiger partial charge on any atom is -0.495 e. The summed E-state index contributed by atoms with van der Waals surface area (Å²) >= 11 is 0. The summed E-state index contributed by atoms with van der Waals surface area (Å²) in [6.45, 7) is 5.25. The lowest BCUT2D eigenvalue weighted by molar-refractivity contribution is 0.402. The zero-order valence-electron chi connectivity index (χ0n) is 12.8. The van der Waals surface area contributed by atoms with E-state index in [1.165, 1.54) is 7.11 Å². The Morgan fingerprint density at radius 3 is 2.62 bits per heavy atom. The average molecular weight is 312 g/mol. The van der Waals surface area contributed by atoms with E-state index < -0.39 is 10.0 Å². The third-order valence-electron chi connectivity index (χ3n) is 3.49. The van der Waals surface area contributed by atoms with Gasteiger partial charge in [-0.3, -0.25) is 0 Å². The summed E-state index contributed by atoms with van der Waals surface area (Å²) in [6.07, 6.45) is 2.22. The second-order valence-corrected chi connectivity index (χ2v) is 7.55. The second kappa shape index (κ2) is 6.77. The van der Waals surface area contributed by atoms with Crippen LogP contribution in [-0.2, 0) is 16.6 Å². The lowest BCUT2D eigenvalue weighted by atomic mass is 10.2. The number of rotatable bonds is 8. The van der Waals surface area contributed by atoms with Crippen LogP contribution >= 0.6 is 0 Å². The van der Waals surface area contributed by atoms with Crippen LogP contribution in [0.4, 0.5) is 0 Å². The number of benzene rings is 1. The molecule has 0 unspecified atom stereocenters. The summed E-state index contributed by atoms with van der Waals surface area (Å²) in [6, 6.07) is 5.63. The first-order valence-corrected chi connectivity index (χ1v) is 8.80. The van der Waals surface area contributed by atoms with Crippen molar-refractivity contribution in [3.05, 3.63) is 23.8 Å². The van der Waals surface area contributed by atoms with E-state index in [0.717, 1.165) is 18.4 Å². The van der Waals surface area contributed by atoms with E-state index in [1.807, 2.05) is 6.07 Å². The molecule has 1 fully saturated rings. The van der Waals surface area contributed by atoms with E-state index in [1.54, 1.807) is 12.1 Å². The monoisotopic (exact) mass is 312 g/mol. The maximum absolute atomic E-state index is 12.4. The first-order chi connectivity index (χ1) is 9.92. The van der Waals surface area contributed by atoms with Crippen LogP contribution in [0.15, 0.2) is 23.1 Å². The number of sulfonamides is 1. The SMILES string of the molecule is COc1ccc(CNC(C)C)cc1S(=O)(=O)NCC1CC1. The predicted octanol–water partition coefficient (Wildman–Crippen LogP) is 1.88. The van der Waals surface area contributed by atoms with Gasteiger partial charge in [0.1, 0.15) is 10.6 Å². The van der Waals surface area contributed by atoms with Gasteiger partial charge in [-0.1, -0.05) is 19.9 Å². The summed E-state index contributed by atoms with van der Waals surface area (Å²) in [5.41, 5.74) is 0.927. The quantitative estimate of drug-likeness (QED) is 0.769. The molecule has 0 radical (unpaired) electrons. The highest BCUT2D eigenvalue weighted by molar-refractivity contribution is 7.89. The van der Waals surface area contributed by atoms with Crippen LogP contribution in [0, 0.1) is 5.92 Å². The van der Waals surface area contributed by atoms with Gasteiger partial charge in [0.25, 0.3) is 0 Å². The number of hydrogen-bond donors (Lipinski definition) is 2. The minimum absolute atomic E-state index is 0.216. The average Bonchev–Trinajstić information content (AvgIpc) is 3.27. The molecule has 0 bridgehead atoms. The molecule has 5 nitrogen and oxygen atoms in total. The predicted molar refractivity (Wildman–Crippen MR) is 82.9 cm³/mol. The van der Waals surface area contributed by atoms with Crippen LogP contribution in [0.5, 0.6) is 5.75 Å². The van der Waals surface area contributed by atoms with Crippen LogP contribution in [0.1, 0.15) is 32.3 Å². The molecule has 1 aliphatic rings. The molecule has 2 rings (SSSR count). The summed E-state index contributed by atoms with van der Waals surface area (Å²) in [5.74, 6) is 0.878. The number of methoxy groups -OCH3 is 1. The highest BCUT2D eigenvalue weighted by atomic mass is 32.2. The van der Waals surface area contributed by atoms with Gasteiger partial charge >= 0.3 is 0 Å². The van der Waals surface area contributed by atoms with Crippen LogP contribution in [0.2, 0.25) is 0 Å². The van der Waals surface area contributed by atoms with Gasteiger partial charge in [0.2, 0.25) is 10.0 Å². The standard InChI is InChI=1S/C15H24N2O3S/c1-11(2)16-9-13-6-7-14(20-3)15(8-13)21(18,19)17-10-12-4-5-12/h6-8,11-12,16-17H,4-5,9-10H2,1-3H3. The van der Waals surface area contributed by atoms with Crippen LogP contribution in [-0.4, -0.2) is 28.1 Å². The molecule has 1 aromatic rings. The molecule has 0 amide bonds. The molecule has 1 aromatic carbocycles. The summed E-state index contributed by atoms with van der Waals surface area (Å²) in [7, 11) is -2.03. The van der Waals surface area contributed by atoms with E-state index in [9.17, 15) is 8.42 Å². The molecule has 0 aliphatic heterocycles. The van der Waals surface area contributed by atoms with Crippen LogP contribution in [0.3, 0.4) is 0 Å². The zero-order chi connectivity index (χ0) is 15.5. The molecule has 1 saturated carbocycles. The van der Waals surface area contributed by atoms with Crippen molar-refractivity contribution in [1.29, 1.82) is 0 Å². The molecule has 0 heterocycles. The van der Waals surface area contributed by atoms with Crippen LogP contribution < -0.4 is 14.8 Å². The summed E-state index contributed by atoms with van der Waals surface area (Å²) in [4.78, 5) is 0.216. The molecule has 2 N–H and O–H groups in total. The first kappa shape index (κ1) is 16.3. The Balaban J connectivity index is 2.19. The summed E-state index contributed by atoms with van der Waals surface area (Å²) < 4.78 is 32.7. The molecule has 1 aliphatic carbocycles. The van der Waals surface area contributed by atoms with E-state index >= 15 is 0 Å². The molecule has 21 heavy (non-hydrogen) atoms. The Morgan fingerprint density at radius 1 is 1.33 bits per heavy atom. The van der Waals surface area contributed by atoms with Gasteiger partial charge < -0.3 is 10.1 Å². The van der Waals surface area contributed by atoms with E-state index in [-0.39, 0.29) is 4.90 Å². The van der Waals surface area contributed by atoms with Crippen molar-refractivity contribution >= 4 is 10.0 Å². The molecule has 0 spiro atoms. The highest BCUT2D eigenvalue weighted by Crippen LogP contribution is 2.29. The van der Waals surface area contributed by atoms with Crippen molar-refractivity contribution in [2.45, 2.75) is 44.2 Å². The zero-order valence-corrected chi connectivity index (χ0v) is 13.7. The van der Waals surface area contributed by atoms with Crippen molar-refractivity contribution in [1.82, 2.24) is 10.0 Å². The van der Waals surface area contributed by atoms with E-state index in [4.69, 9.17) is 4.74 Å². The van der Waals surface area contributed by atoms with Crippen molar-refractivity contribution in [2.75, 3.05) is 13.7 Å². The Morgan fingerprint density at radius 2 is 2.05 bits per heavy atom. The van der Waals surface area contributed by atoms with Gasteiger partial charge in [0, 0.05) is 19.1 Å². The lowest BCUT2D eigenvalue weighted by Crippen LogP contribution is -2.27. The lowest BCUT2D eigenvalue weighted by Gasteiger charge is -2.13. The number of hydrogen-bond acceptors (Lipinski definition) is 4. The van der Waals surface area contributed by atoms with Gasteiger partial charge in [-0.05, 0) is 36.5 Å². The Kier molecular flexibility index (Phi) is 5.24. The molecule has 0 atom stereocenters. The highest BCUT2D eigenvalue weighted by Gasteiger charge is 2.26. The Labute approximate surface area is 127 Å². The maximum atomic E-state index is 12.4. The van der Waals surface area contributed by atoms with Gasteiger partial charge in [0.15, 0.2) is 0 Å². The summed E-state index contributed by atoms with van der Waals surface area (Å²) in [5, 5.41) is 3.28. The van der Waals surface area contributed by atoms with Crippen molar-refractivity contribution in [3.8, 4) is 5.75 Å². The fourth-order valence-electron chi connectivity index (χ4n) is 1.99. The molecular weight excluding hydrogens is 288 g/mol. The topological polar surface area (TPSA) is 67.4 Å². The second-order valence-electron chi connectivity index (χ2n) is 5.82. The molecule has 6 heteroatoms. The molecular formula is C15H24N2O3S. The normalized spacial score (nSPS) is 15.4. The fraction of sp³-hybridized carbons (Fsp3) is 0.600. The van der Waals surface area contributed by atoms with E-state index in [2.05, 4.69) is 23.9 Å². The number of nitrogens with one attached hydrogen (secondary N) is 2. The largest absolute Gasteiger partial charge is 0.495 e. The molecule has 118 valence electrons. The maximum Gasteiger partial charge on any atom is 0.244 e. The van der Waals surface area contributed by atoms with Crippen molar-refractivity contribution in [3.63, 3.8) is 0 Å². The van der Waals surface area contributed by atoms with Gasteiger partial charge in [-0.15, -0.1) is 0 Å². The van der Waals surface area contributed by atoms with Crippen LogP contribution in [0.25, 0.3) is 0 Å². The van der Waals surface area contributed by atoms with Gasteiger partial charge in [-0.25, -0.2) is 13.1 Å². The first-order valence-electron chi connectivity index (χ1n) is 7.32. The van der Waals surface area contributed by atoms with E-state index in [0.29, 0.717) is 30.8 Å².